The lowest BCUT2D eigenvalue weighted by Gasteiger charge is -2.34. The fourth-order valence-corrected chi connectivity index (χ4v) is 2.63. The van der Waals surface area contributed by atoms with Crippen molar-refractivity contribution >= 4 is 23.8 Å². The van der Waals surface area contributed by atoms with Crippen LogP contribution in [0.4, 0.5) is 13.2 Å². The fourth-order valence-electron chi connectivity index (χ4n) is 2.63. The molecular formula is C15H20F3N3O7. The van der Waals surface area contributed by atoms with Crippen molar-refractivity contribution in [3.63, 3.8) is 0 Å². The molecule has 2 rings (SSSR count). The Labute approximate surface area is 157 Å². The largest absolute Gasteiger partial charge is 0.542 e. The molecular weight excluding hydrogens is 391 g/mol. The highest BCUT2D eigenvalue weighted by atomic mass is 19.4. The molecule has 158 valence electrons. The Bertz CT molecular complexity index is 660. The van der Waals surface area contributed by atoms with Gasteiger partial charge in [0.25, 0.3) is 5.91 Å². The second kappa shape index (κ2) is 9.39. The summed E-state index contributed by atoms with van der Waals surface area (Å²) in [5.41, 5.74) is 3.82. The highest BCUT2D eigenvalue weighted by Crippen LogP contribution is 2.21. The number of carboxylic acids is 2. The van der Waals surface area contributed by atoms with Gasteiger partial charge in [0.1, 0.15) is 18.1 Å². The predicted molar refractivity (Wildman–Crippen MR) is 81.7 cm³/mol. The lowest BCUT2D eigenvalue weighted by Crippen LogP contribution is -2.74. The van der Waals surface area contributed by atoms with Gasteiger partial charge in [-0.2, -0.15) is 13.2 Å². The number of halogens is 3. The van der Waals surface area contributed by atoms with Crippen molar-refractivity contribution in [2.75, 3.05) is 13.1 Å². The molecule has 13 heteroatoms. The summed E-state index contributed by atoms with van der Waals surface area (Å²) in [5.74, 6) is -5.17. The standard InChI is InChI=1S/C13H19N3O5.C2HF3O2/c1-7(17)15-10-8(14)6-9(13(19)20)21-11(10)12(18)16-4-2-3-5-16;3-2(4,5)1(6)7/h6,8,10-11H,2-5,14H2,1H3,(H,15,17)(H,19,20);(H,6,7)/t8-,10+,11+;/m0./s1. The van der Waals surface area contributed by atoms with Crippen molar-refractivity contribution in [2.45, 2.75) is 44.1 Å². The van der Waals surface area contributed by atoms with Gasteiger partial charge in [-0.1, -0.05) is 0 Å². The Morgan fingerprint density at radius 2 is 1.79 bits per heavy atom. The van der Waals surface area contributed by atoms with Gasteiger partial charge in [-0.25, -0.2) is 4.79 Å². The van der Waals surface area contributed by atoms with E-state index in [1.54, 1.807) is 4.90 Å². The van der Waals surface area contributed by atoms with Gasteiger partial charge in [-0.3, -0.25) is 9.59 Å². The molecule has 0 saturated carbocycles. The Balaban J connectivity index is 0.000000480. The minimum atomic E-state index is -5.19. The van der Waals surface area contributed by atoms with Crippen LogP contribution in [-0.2, 0) is 23.9 Å². The van der Waals surface area contributed by atoms with Crippen molar-refractivity contribution in [3.8, 4) is 0 Å². The number of carbonyl (C=O) groups excluding carboxylic acids is 3. The van der Waals surface area contributed by atoms with Crippen LogP contribution in [0.1, 0.15) is 19.8 Å². The lowest BCUT2D eigenvalue weighted by molar-refractivity contribution is -0.414. The summed E-state index contributed by atoms with van der Waals surface area (Å²) in [6.07, 6.45) is -3.10. The molecule has 0 bridgehead atoms. The van der Waals surface area contributed by atoms with E-state index in [-0.39, 0.29) is 17.6 Å². The summed E-state index contributed by atoms with van der Waals surface area (Å²) in [7, 11) is 0. The number of rotatable bonds is 3. The number of carbonyl (C=O) groups is 4. The summed E-state index contributed by atoms with van der Waals surface area (Å²) in [6, 6.07) is -1.22. The van der Waals surface area contributed by atoms with Gasteiger partial charge < -0.3 is 35.7 Å². The number of ether oxygens (including phenoxy) is 1. The molecule has 0 unspecified atom stereocenters. The minimum Gasteiger partial charge on any atom is -0.542 e. The molecule has 10 nitrogen and oxygen atoms in total. The van der Waals surface area contributed by atoms with Crippen molar-refractivity contribution in [3.05, 3.63) is 11.8 Å². The number of carboxylic acid groups (broad SMARTS) is 2. The first-order valence-corrected chi connectivity index (χ1v) is 8.13. The zero-order chi connectivity index (χ0) is 21.6. The molecule has 0 aliphatic carbocycles. The molecule has 2 aliphatic rings. The van der Waals surface area contributed by atoms with Crippen molar-refractivity contribution in [2.24, 2.45) is 0 Å². The molecule has 1 fully saturated rings. The van der Waals surface area contributed by atoms with Gasteiger partial charge in [0.05, 0.1) is 0 Å². The van der Waals surface area contributed by atoms with Crippen LogP contribution < -0.4 is 16.2 Å². The number of quaternary nitrogens is 1. The monoisotopic (exact) mass is 411 g/mol. The van der Waals surface area contributed by atoms with Gasteiger partial charge in [-0.05, 0) is 12.8 Å². The van der Waals surface area contributed by atoms with Crippen LogP contribution >= 0.6 is 0 Å². The van der Waals surface area contributed by atoms with E-state index in [1.807, 2.05) is 0 Å². The average molecular weight is 411 g/mol. The number of nitrogens with zero attached hydrogens (tertiary/aromatic N) is 1. The third kappa shape index (κ3) is 6.40. The summed E-state index contributed by atoms with van der Waals surface area (Å²) in [5, 5.41) is 20.5. The fraction of sp³-hybridized carbons (Fsp3) is 0.600. The van der Waals surface area contributed by atoms with Crippen LogP contribution in [0, 0.1) is 0 Å². The Morgan fingerprint density at radius 3 is 2.18 bits per heavy atom. The lowest BCUT2D eigenvalue weighted by atomic mass is 9.97. The number of hydrogen-bond acceptors (Lipinski definition) is 6. The van der Waals surface area contributed by atoms with E-state index in [2.05, 4.69) is 11.1 Å². The topological polar surface area (TPSA) is 164 Å². The van der Waals surface area contributed by atoms with Crippen molar-refractivity contribution in [1.29, 1.82) is 0 Å². The maximum absolute atomic E-state index is 12.5. The molecule has 0 aromatic carbocycles. The van der Waals surface area contributed by atoms with Crippen LogP contribution in [0.3, 0.4) is 0 Å². The third-order valence-corrected chi connectivity index (χ3v) is 3.88. The van der Waals surface area contributed by atoms with E-state index in [4.69, 9.17) is 19.7 Å². The molecule has 0 aromatic rings. The van der Waals surface area contributed by atoms with Crippen LogP contribution in [0.25, 0.3) is 0 Å². The summed E-state index contributed by atoms with van der Waals surface area (Å²) >= 11 is 0. The second-order valence-corrected chi connectivity index (χ2v) is 6.08. The number of likely N-dealkylation sites (tertiary alicyclic amines) is 1. The zero-order valence-corrected chi connectivity index (χ0v) is 14.8. The SMILES string of the molecule is CC(=O)N[C@@H]1[C@@H]([NH3+])C=C(C(=O)O)O[C@H]1C(=O)N1CCCC1.O=C([O-])C(F)(F)F. The first kappa shape index (κ1) is 23.2. The molecule has 5 N–H and O–H groups in total. The number of aliphatic carboxylic acids is 2. The maximum atomic E-state index is 12.5. The Kier molecular flexibility index (Phi) is 7.78. The van der Waals surface area contributed by atoms with E-state index in [0.29, 0.717) is 13.1 Å². The van der Waals surface area contributed by atoms with E-state index >= 15 is 0 Å². The molecule has 0 aromatic heterocycles. The number of hydrogen-bond donors (Lipinski definition) is 3. The molecule has 2 amide bonds. The molecule has 28 heavy (non-hydrogen) atoms. The molecule has 0 radical (unpaired) electrons. The molecule has 0 spiro atoms. The van der Waals surface area contributed by atoms with Gasteiger partial charge in [0.15, 0.2) is 0 Å². The summed E-state index contributed by atoms with van der Waals surface area (Å²) in [4.78, 5) is 45.3. The highest BCUT2D eigenvalue weighted by molar-refractivity contribution is 5.88. The van der Waals surface area contributed by atoms with Crippen LogP contribution in [0.5, 0.6) is 0 Å². The Morgan fingerprint density at radius 1 is 1.29 bits per heavy atom. The highest BCUT2D eigenvalue weighted by Gasteiger charge is 2.44. The van der Waals surface area contributed by atoms with Gasteiger partial charge in [0, 0.05) is 26.1 Å². The van der Waals surface area contributed by atoms with Crippen molar-refractivity contribution < 1.29 is 53.0 Å². The maximum Gasteiger partial charge on any atom is 0.430 e. The first-order valence-electron chi connectivity index (χ1n) is 8.13. The normalized spacial score (nSPS) is 24.2. The number of amides is 2. The average Bonchev–Trinajstić information content (AvgIpc) is 3.09. The predicted octanol–water partition coefficient (Wildman–Crippen LogP) is -2.61. The number of nitrogens with one attached hydrogen (secondary N) is 1. The van der Waals surface area contributed by atoms with E-state index in [9.17, 15) is 27.6 Å². The van der Waals surface area contributed by atoms with Crippen LogP contribution in [0.2, 0.25) is 0 Å². The van der Waals surface area contributed by atoms with E-state index in [0.717, 1.165) is 12.8 Å². The Hall–Kier alpha value is -2.83. The summed E-state index contributed by atoms with van der Waals surface area (Å²) < 4.78 is 36.9. The molecule has 3 atom stereocenters. The third-order valence-electron chi connectivity index (χ3n) is 3.88. The molecule has 2 heterocycles. The smallest absolute Gasteiger partial charge is 0.430 e. The first-order chi connectivity index (χ1) is 12.8. The van der Waals surface area contributed by atoms with Gasteiger partial charge in [0.2, 0.25) is 17.8 Å². The quantitative estimate of drug-likeness (QED) is 0.458. The molecule has 2 aliphatic heterocycles. The van der Waals surface area contributed by atoms with Crippen molar-refractivity contribution in [1.82, 2.24) is 10.2 Å². The van der Waals surface area contributed by atoms with Gasteiger partial charge in [-0.15, -0.1) is 0 Å². The molecule has 1 saturated heterocycles. The van der Waals surface area contributed by atoms with Crippen LogP contribution in [0.15, 0.2) is 11.8 Å². The van der Waals surface area contributed by atoms with Gasteiger partial charge >= 0.3 is 12.1 Å². The summed E-state index contributed by atoms with van der Waals surface area (Å²) in [6.45, 7) is 2.58. The zero-order valence-electron chi connectivity index (χ0n) is 14.8. The second-order valence-electron chi connectivity index (χ2n) is 6.08. The van der Waals surface area contributed by atoms with E-state index in [1.165, 1.54) is 13.0 Å². The minimum absolute atomic E-state index is 0.297. The number of alkyl halides is 3. The van der Waals surface area contributed by atoms with Crippen LogP contribution in [-0.4, -0.2) is 71.2 Å². The van der Waals surface area contributed by atoms with E-state index < -0.39 is 36.3 Å².